The Morgan fingerprint density at radius 3 is 2.50 bits per heavy atom. The Balaban J connectivity index is 2.49. The van der Waals surface area contributed by atoms with E-state index in [0.717, 1.165) is 0 Å². The topological polar surface area (TPSA) is 38.7 Å². The highest BCUT2D eigenvalue weighted by atomic mass is 19.1. The highest BCUT2D eigenvalue weighted by Crippen LogP contribution is 2.36. The molecule has 2 aromatic rings. The summed E-state index contributed by atoms with van der Waals surface area (Å²) in [6, 6.07) is 11.5. The Bertz CT molecular complexity index is 584. The van der Waals surface area contributed by atoms with Crippen LogP contribution in [0.5, 0.6) is 11.5 Å². The van der Waals surface area contributed by atoms with Gasteiger partial charge in [-0.2, -0.15) is 0 Å². The Morgan fingerprint density at radius 1 is 1.10 bits per heavy atom. The molecule has 1 atom stereocenters. The zero-order valence-corrected chi connectivity index (χ0v) is 11.5. The number of aliphatic hydroxyl groups excluding tert-OH is 1. The van der Waals surface area contributed by atoms with Gasteiger partial charge < -0.3 is 14.6 Å². The lowest BCUT2D eigenvalue weighted by Gasteiger charge is -2.18. The van der Waals surface area contributed by atoms with Crippen molar-refractivity contribution in [2.45, 2.75) is 13.0 Å². The maximum atomic E-state index is 14.0. The van der Waals surface area contributed by atoms with Crippen molar-refractivity contribution in [1.82, 2.24) is 0 Å². The van der Waals surface area contributed by atoms with E-state index < -0.39 is 11.9 Å². The molecule has 4 heteroatoms. The number of rotatable bonds is 5. The van der Waals surface area contributed by atoms with E-state index in [-0.39, 0.29) is 5.56 Å². The highest BCUT2D eigenvalue weighted by Gasteiger charge is 2.22. The van der Waals surface area contributed by atoms with Crippen LogP contribution < -0.4 is 9.47 Å². The van der Waals surface area contributed by atoms with Crippen LogP contribution in [0.15, 0.2) is 42.5 Å². The van der Waals surface area contributed by atoms with Crippen molar-refractivity contribution in [2.24, 2.45) is 0 Å². The molecule has 0 aliphatic heterocycles. The zero-order valence-electron chi connectivity index (χ0n) is 11.5. The molecule has 0 bridgehead atoms. The van der Waals surface area contributed by atoms with Crippen LogP contribution >= 0.6 is 0 Å². The van der Waals surface area contributed by atoms with Gasteiger partial charge in [-0.1, -0.05) is 24.3 Å². The van der Waals surface area contributed by atoms with Gasteiger partial charge in [0.25, 0.3) is 0 Å². The molecule has 3 nitrogen and oxygen atoms in total. The van der Waals surface area contributed by atoms with Crippen LogP contribution in [0.25, 0.3) is 0 Å². The van der Waals surface area contributed by atoms with Gasteiger partial charge in [-0.05, 0) is 25.1 Å². The molecule has 0 heterocycles. The molecule has 106 valence electrons. The molecule has 20 heavy (non-hydrogen) atoms. The lowest BCUT2D eigenvalue weighted by atomic mass is 9.99. The summed E-state index contributed by atoms with van der Waals surface area (Å²) in [4.78, 5) is 0. The van der Waals surface area contributed by atoms with Crippen LogP contribution in [-0.4, -0.2) is 18.8 Å². The van der Waals surface area contributed by atoms with Crippen molar-refractivity contribution in [3.05, 3.63) is 59.4 Å². The van der Waals surface area contributed by atoms with Gasteiger partial charge in [0, 0.05) is 5.56 Å². The van der Waals surface area contributed by atoms with Crippen LogP contribution in [0.2, 0.25) is 0 Å². The molecule has 0 spiro atoms. The van der Waals surface area contributed by atoms with E-state index in [0.29, 0.717) is 23.7 Å². The second-order valence-corrected chi connectivity index (χ2v) is 4.23. The Morgan fingerprint density at radius 2 is 1.80 bits per heavy atom. The van der Waals surface area contributed by atoms with Crippen LogP contribution in [-0.2, 0) is 0 Å². The van der Waals surface area contributed by atoms with Crippen molar-refractivity contribution in [2.75, 3.05) is 13.7 Å². The standard InChI is InChI=1S/C16H17FO3/c1-3-20-13-9-5-4-7-11(13)16(18)15-12(17)8-6-10-14(15)19-2/h4-10,16,18H,3H2,1-2H3. The summed E-state index contributed by atoms with van der Waals surface area (Å²) >= 11 is 0. The van der Waals surface area contributed by atoms with Gasteiger partial charge in [-0.15, -0.1) is 0 Å². The molecule has 0 aromatic heterocycles. The Hall–Kier alpha value is -2.07. The minimum absolute atomic E-state index is 0.113. The molecule has 0 saturated heterocycles. The summed E-state index contributed by atoms with van der Waals surface area (Å²) in [5.74, 6) is 0.333. The maximum absolute atomic E-state index is 14.0. The van der Waals surface area contributed by atoms with Gasteiger partial charge in [0.05, 0.1) is 19.3 Å². The van der Waals surface area contributed by atoms with Crippen molar-refractivity contribution < 1.29 is 19.0 Å². The third-order valence-corrected chi connectivity index (χ3v) is 3.02. The van der Waals surface area contributed by atoms with Crippen molar-refractivity contribution in [3.8, 4) is 11.5 Å². The predicted molar refractivity (Wildman–Crippen MR) is 74.6 cm³/mol. The number of hydrogen-bond acceptors (Lipinski definition) is 3. The first-order chi connectivity index (χ1) is 9.69. The van der Waals surface area contributed by atoms with Crippen LogP contribution in [0.4, 0.5) is 4.39 Å². The van der Waals surface area contributed by atoms with Crippen LogP contribution in [0.1, 0.15) is 24.2 Å². The molecular formula is C16H17FO3. The summed E-state index contributed by atoms with van der Waals surface area (Å²) in [5.41, 5.74) is 0.625. The van der Waals surface area contributed by atoms with Crippen molar-refractivity contribution in [1.29, 1.82) is 0 Å². The number of methoxy groups -OCH3 is 1. The molecule has 2 aromatic carbocycles. The SMILES string of the molecule is CCOc1ccccc1C(O)c1c(F)cccc1OC. The minimum atomic E-state index is -1.14. The third-order valence-electron chi connectivity index (χ3n) is 3.02. The normalized spacial score (nSPS) is 12.0. The van der Waals surface area contributed by atoms with Gasteiger partial charge in [0.1, 0.15) is 23.4 Å². The molecular weight excluding hydrogens is 259 g/mol. The summed E-state index contributed by atoms with van der Waals surface area (Å²) < 4.78 is 24.6. The molecule has 0 aliphatic rings. The fourth-order valence-corrected chi connectivity index (χ4v) is 2.11. The first-order valence-electron chi connectivity index (χ1n) is 6.41. The van der Waals surface area contributed by atoms with Crippen LogP contribution in [0.3, 0.4) is 0 Å². The monoisotopic (exact) mass is 276 g/mol. The second kappa shape index (κ2) is 6.39. The van der Waals surface area contributed by atoms with Crippen molar-refractivity contribution in [3.63, 3.8) is 0 Å². The largest absolute Gasteiger partial charge is 0.496 e. The number of aliphatic hydroxyl groups is 1. The summed E-state index contributed by atoms with van der Waals surface area (Å²) in [6.45, 7) is 2.32. The van der Waals surface area contributed by atoms with Gasteiger partial charge >= 0.3 is 0 Å². The van der Waals surface area contributed by atoms with Crippen molar-refractivity contribution >= 4 is 0 Å². The number of benzene rings is 2. The lowest BCUT2D eigenvalue weighted by Crippen LogP contribution is -2.07. The van der Waals surface area contributed by atoms with Gasteiger partial charge in [0.2, 0.25) is 0 Å². The van der Waals surface area contributed by atoms with Crippen LogP contribution in [0, 0.1) is 5.82 Å². The Labute approximate surface area is 117 Å². The van der Waals surface area contributed by atoms with E-state index >= 15 is 0 Å². The van der Waals surface area contributed by atoms with E-state index in [9.17, 15) is 9.50 Å². The van der Waals surface area contributed by atoms with Gasteiger partial charge in [-0.3, -0.25) is 0 Å². The number of ether oxygens (including phenoxy) is 2. The first kappa shape index (κ1) is 14.3. The summed E-state index contributed by atoms with van der Waals surface area (Å²) in [7, 11) is 1.44. The van der Waals surface area contributed by atoms with E-state index in [1.165, 1.54) is 13.2 Å². The number of halogens is 1. The average molecular weight is 276 g/mol. The second-order valence-electron chi connectivity index (χ2n) is 4.23. The minimum Gasteiger partial charge on any atom is -0.496 e. The fraction of sp³-hybridized carbons (Fsp3) is 0.250. The molecule has 0 aliphatic carbocycles. The Kier molecular flexibility index (Phi) is 4.58. The smallest absolute Gasteiger partial charge is 0.133 e. The number of hydrogen-bond donors (Lipinski definition) is 1. The quantitative estimate of drug-likeness (QED) is 0.910. The summed E-state index contributed by atoms with van der Waals surface area (Å²) in [6.07, 6.45) is -1.14. The predicted octanol–water partition coefficient (Wildman–Crippen LogP) is 3.31. The summed E-state index contributed by atoms with van der Waals surface area (Å²) in [5, 5.41) is 10.5. The molecule has 2 rings (SSSR count). The molecule has 0 saturated carbocycles. The molecule has 0 fully saturated rings. The van der Waals surface area contributed by atoms with Gasteiger partial charge in [0.15, 0.2) is 0 Å². The number of para-hydroxylation sites is 1. The molecule has 1 unspecified atom stereocenters. The average Bonchev–Trinajstić information content (AvgIpc) is 2.47. The van der Waals surface area contributed by atoms with Gasteiger partial charge in [-0.25, -0.2) is 4.39 Å². The fourth-order valence-electron chi connectivity index (χ4n) is 2.11. The van der Waals surface area contributed by atoms with E-state index in [4.69, 9.17) is 9.47 Å². The lowest BCUT2D eigenvalue weighted by molar-refractivity contribution is 0.201. The van der Waals surface area contributed by atoms with E-state index in [2.05, 4.69) is 0 Å². The maximum Gasteiger partial charge on any atom is 0.133 e. The zero-order chi connectivity index (χ0) is 14.5. The van der Waals surface area contributed by atoms with E-state index in [1.807, 2.05) is 6.92 Å². The molecule has 0 amide bonds. The molecule has 1 N–H and O–H groups in total. The van der Waals surface area contributed by atoms with E-state index in [1.54, 1.807) is 36.4 Å². The molecule has 0 radical (unpaired) electrons. The third kappa shape index (κ3) is 2.75. The first-order valence-corrected chi connectivity index (χ1v) is 6.41. The highest BCUT2D eigenvalue weighted by molar-refractivity contribution is 5.45.